The number of rotatable bonds is 10. The van der Waals surface area contributed by atoms with Crippen molar-refractivity contribution < 1.29 is 22.7 Å². The van der Waals surface area contributed by atoms with Gasteiger partial charge in [-0.3, -0.25) is 9.59 Å². The number of benzene rings is 1. The highest BCUT2D eigenvalue weighted by Gasteiger charge is 2.24. The third-order valence-electron chi connectivity index (χ3n) is 4.44. The summed E-state index contributed by atoms with van der Waals surface area (Å²) >= 11 is 1.13. The SMILES string of the molecule is CCN(CC)S(=O)(=O)c1cc(NC(=O)COC(=O)CSc2nc(C)cc(C)n2)ccc1C. The normalized spacial score (nSPS) is 11.4. The first-order valence-electron chi connectivity index (χ1n) is 10.1. The van der Waals surface area contributed by atoms with Crippen molar-refractivity contribution in [1.82, 2.24) is 14.3 Å². The van der Waals surface area contributed by atoms with Crippen LogP contribution in [0.4, 0.5) is 5.69 Å². The number of nitrogens with zero attached hydrogens (tertiary/aromatic N) is 3. The minimum Gasteiger partial charge on any atom is -0.455 e. The van der Waals surface area contributed by atoms with Gasteiger partial charge in [0.1, 0.15) is 0 Å². The topological polar surface area (TPSA) is 119 Å². The molecule has 0 unspecified atom stereocenters. The molecule has 0 bridgehead atoms. The summed E-state index contributed by atoms with van der Waals surface area (Å²) < 4.78 is 32.0. The Morgan fingerprint density at radius 1 is 1.06 bits per heavy atom. The van der Waals surface area contributed by atoms with Gasteiger partial charge in [0.05, 0.1) is 10.6 Å². The largest absolute Gasteiger partial charge is 0.455 e. The van der Waals surface area contributed by atoms with Gasteiger partial charge in [0, 0.05) is 30.2 Å². The van der Waals surface area contributed by atoms with E-state index in [4.69, 9.17) is 4.74 Å². The molecule has 32 heavy (non-hydrogen) atoms. The van der Waals surface area contributed by atoms with Crippen LogP contribution in [-0.4, -0.2) is 60.0 Å². The molecule has 11 heteroatoms. The number of hydrogen-bond acceptors (Lipinski definition) is 8. The van der Waals surface area contributed by atoms with Gasteiger partial charge in [-0.25, -0.2) is 18.4 Å². The van der Waals surface area contributed by atoms with E-state index in [0.29, 0.717) is 29.5 Å². The van der Waals surface area contributed by atoms with Gasteiger partial charge in [0.15, 0.2) is 11.8 Å². The monoisotopic (exact) mass is 480 g/mol. The quantitative estimate of drug-likeness (QED) is 0.313. The van der Waals surface area contributed by atoms with E-state index in [9.17, 15) is 18.0 Å². The van der Waals surface area contributed by atoms with Crippen LogP contribution in [0.15, 0.2) is 34.3 Å². The highest BCUT2D eigenvalue weighted by atomic mass is 32.2. The molecular formula is C21H28N4O5S2. The molecule has 0 spiro atoms. The maximum absolute atomic E-state index is 12.8. The standard InChI is InChI=1S/C21H28N4O5S2/c1-6-25(7-2)32(28,29)18-11-17(9-8-14(18)3)24-19(26)12-30-20(27)13-31-21-22-15(4)10-16(5)23-21/h8-11H,6-7,12-13H2,1-5H3,(H,24,26). The second kappa shape index (κ2) is 11.4. The van der Waals surface area contributed by atoms with Crippen molar-refractivity contribution in [3.8, 4) is 0 Å². The second-order valence-electron chi connectivity index (χ2n) is 7.00. The lowest BCUT2D eigenvalue weighted by molar-refractivity contribution is -0.144. The number of anilines is 1. The van der Waals surface area contributed by atoms with Gasteiger partial charge in [0.25, 0.3) is 5.91 Å². The van der Waals surface area contributed by atoms with Crippen molar-refractivity contribution >= 4 is 39.3 Å². The number of sulfonamides is 1. The van der Waals surface area contributed by atoms with E-state index in [1.807, 2.05) is 19.9 Å². The summed E-state index contributed by atoms with van der Waals surface area (Å²) in [7, 11) is -3.67. The van der Waals surface area contributed by atoms with Gasteiger partial charge < -0.3 is 10.1 Å². The average Bonchev–Trinajstić information content (AvgIpc) is 2.72. The van der Waals surface area contributed by atoms with Crippen LogP contribution in [0, 0.1) is 20.8 Å². The van der Waals surface area contributed by atoms with Gasteiger partial charge >= 0.3 is 5.97 Å². The van der Waals surface area contributed by atoms with Crippen molar-refractivity contribution in [3.05, 3.63) is 41.2 Å². The van der Waals surface area contributed by atoms with Gasteiger partial charge in [-0.2, -0.15) is 4.31 Å². The molecule has 0 radical (unpaired) electrons. The molecule has 0 aliphatic heterocycles. The first kappa shape index (κ1) is 25.8. The van der Waals surface area contributed by atoms with Crippen molar-refractivity contribution in [2.45, 2.75) is 44.7 Å². The first-order chi connectivity index (χ1) is 15.1. The number of carbonyl (C=O) groups is 2. The molecule has 2 rings (SSSR count). The molecule has 0 saturated heterocycles. The number of thioether (sulfide) groups is 1. The van der Waals surface area contributed by atoms with E-state index >= 15 is 0 Å². The molecule has 0 aliphatic rings. The fraction of sp³-hybridized carbons (Fsp3) is 0.429. The number of nitrogens with one attached hydrogen (secondary N) is 1. The maximum Gasteiger partial charge on any atom is 0.316 e. The fourth-order valence-electron chi connectivity index (χ4n) is 2.92. The lowest BCUT2D eigenvalue weighted by atomic mass is 10.2. The molecule has 0 fully saturated rings. The lowest BCUT2D eigenvalue weighted by Crippen LogP contribution is -2.31. The fourth-order valence-corrected chi connectivity index (χ4v) is 5.38. The van der Waals surface area contributed by atoms with E-state index < -0.39 is 28.5 Å². The minimum absolute atomic E-state index is 0.0348. The number of amides is 1. The van der Waals surface area contributed by atoms with Crippen molar-refractivity contribution in [2.75, 3.05) is 30.8 Å². The zero-order valence-corrected chi connectivity index (χ0v) is 20.5. The summed E-state index contributed by atoms with van der Waals surface area (Å²) in [5, 5.41) is 3.03. The Morgan fingerprint density at radius 3 is 2.28 bits per heavy atom. The van der Waals surface area contributed by atoms with Crippen LogP contribution in [-0.2, 0) is 24.3 Å². The molecular weight excluding hydrogens is 452 g/mol. The molecule has 1 heterocycles. The molecule has 1 N–H and O–H groups in total. The molecule has 1 amide bonds. The van der Waals surface area contributed by atoms with Crippen LogP contribution in [0.25, 0.3) is 0 Å². The van der Waals surface area contributed by atoms with Crippen molar-refractivity contribution in [3.63, 3.8) is 0 Å². The van der Waals surface area contributed by atoms with Crippen molar-refractivity contribution in [1.29, 1.82) is 0 Å². The summed E-state index contributed by atoms with van der Waals surface area (Å²) in [6.45, 7) is 9.10. The van der Waals surface area contributed by atoms with E-state index in [1.54, 1.807) is 32.9 Å². The molecule has 0 aliphatic carbocycles. The van der Waals surface area contributed by atoms with Crippen LogP contribution in [0.1, 0.15) is 30.8 Å². The molecule has 174 valence electrons. The van der Waals surface area contributed by atoms with Crippen LogP contribution >= 0.6 is 11.8 Å². The predicted octanol–water partition coefficient (Wildman–Crippen LogP) is 2.71. The maximum atomic E-state index is 12.8. The van der Waals surface area contributed by atoms with E-state index in [2.05, 4.69) is 15.3 Å². The van der Waals surface area contributed by atoms with Crippen LogP contribution in [0.2, 0.25) is 0 Å². The van der Waals surface area contributed by atoms with Crippen LogP contribution in [0.5, 0.6) is 0 Å². The number of ether oxygens (including phenoxy) is 1. The average molecular weight is 481 g/mol. The summed E-state index contributed by atoms with van der Waals surface area (Å²) in [5.41, 5.74) is 2.48. The highest BCUT2D eigenvalue weighted by molar-refractivity contribution is 7.99. The number of carbonyl (C=O) groups excluding carboxylic acids is 2. The van der Waals surface area contributed by atoms with E-state index in [1.165, 1.54) is 10.4 Å². The molecule has 1 aromatic carbocycles. The Morgan fingerprint density at radius 2 is 1.69 bits per heavy atom. The van der Waals surface area contributed by atoms with Crippen LogP contribution < -0.4 is 5.32 Å². The highest BCUT2D eigenvalue weighted by Crippen LogP contribution is 2.23. The molecule has 1 aromatic heterocycles. The van der Waals surface area contributed by atoms with Gasteiger partial charge in [0.2, 0.25) is 10.0 Å². The summed E-state index contributed by atoms with van der Waals surface area (Å²) in [5.74, 6) is -1.19. The van der Waals surface area contributed by atoms with Gasteiger partial charge in [-0.05, 0) is 44.5 Å². The Hall–Kier alpha value is -2.50. The first-order valence-corrected chi connectivity index (χ1v) is 12.5. The van der Waals surface area contributed by atoms with E-state index in [-0.39, 0.29) is 10.6 Å². The van der Waals surface area contributed by atoms with Gasteiger partial charge in [-0.1, -0.05) is 31.7 Å². The smallest absolute Gasteiger partial charge is 0.316 e. The van der Waals surface area contributed by atoms with Crippen molar-refractivity contribution in [2.24, 2.45) is 0 Å². The number of aromatic nitrogens is 2. The van der Waals surface area contributed by atoms with Gasteiger partial charge in [-0.15, -0.1) is 0 Å². The second-order valence-corrected chi connectivity index (χ2v) is 9.85. The Kier molecular flexibility index (Phi) is 9.17. The lowest BCUT2D eigenvalue weighted by Gasteiger charge is -2.20. The summed E-state index contributed by atoms with van der Waals surface area (Å²) in [6, 6.07) is 6.47. The van der Waals surface area contributed by atoms with Crippen LogP contribution in [0.3, 0.4) is 0 Å². The minimum atomic E-state index is -3.67. The third kappa shape index (κ3) is 7.01. The molecule has 9 nitrogen and oxygen atoms in total. The van der Waals surface area contributed by atoms with E-state index in [0.717, 1.165) is 23.1 Å². The Labute approximate surface area is 193 Å². The summed E-state index contributed by atoms with van der Waals surface area (Å²) in [6.07, 6.45) is 0. The third-order valence-corrected chi connectivity index (χ3v) is 7.45. The zero-order chi connectivity index (χ0) is 23.9. The molecule has 2 aromatic rings. The Balaban J connectivity index is 1.94. The molecule has 0 atom stereocenters. The molecule has 0 saturated carbocycles. The number of aryl methyl sites for hydroxylation is 3. The number of esters is 1. The zero-order valence-electron chi connectivity index (χ0n) is 18.8. The summed E-state index contributed by atoms with van der Waals surface area (Å²) in [4.78, 5) is 32.7. The number of hydrogen-bond donors (Lipinski definition) is 1. The predicted molar refractivity (Wildman–Crippen MR) is 123 cm³/mol. The Bertz CT molecular complexity index is 1070.